The number of carbonyl (C=O) groups is 2. The van der Waals surface area contributed by atoms with E-state index in [2.05, 4.69) is 26.5 Å². The molecule has 39 heavy (non-hydrogen) atoms. The molecule has 1 fully saturated rings. The maximum atomic E-state index is 13.5. The highest BCUT2D eigenvalue weighted by Crippen LogP contribution is 2.36. The molecule has 1 aromatic carbocycles. The summed E-state index contributed by atoms with van der Waals surface area (Å²) in [4.78, 5) is 42.9. The highest BCUT2D eigenvalue weighted by atomic mass is 19.3. The first kappa shape index (κ1) is 28.3. The van der Waals surface area contributed by atoms with Crippen LogP contribution in [-0.2, 0) is 11.3 Å². The van der Waals surface area contributed by atoms with Crippen LogP contribution in [0.2, 0.25) is 0 Å². The number of piperidine rings is 1. The first-order valence-corrected chi connectivity index (χ1v) is 13.3. The number of rotatable bonds is 8. The van der Waals surface area contributed by atoms with Gasteiger partial charge >= 0.3 is 6.61 Å². The lowest BCUT2D eigenvalue weighted by Crippen LogP contribution is -2.42. The third kappa shape index (κ3) is 5.84. The fourth-order valence-corrected chi connectivity index (χ4v) is 5.69. The number of amides is 2. The number of hydrogen-bond donors (Lipinski definition) is 2. The van der Waals surface area contributed by atoms with Gasteiger partial charge in [0.2, 0.25) is 5.91 Å². The van der Waals surface area contributed by atoms with E-state index in [4.69, 9.17) is 0 Å². The number of halogens is 2. The van der Waals surface area contributed by atoms with Gasteiger partial charge in [0.05, 0.1) is 17.7 Å². The van der Waals surface area contributed by atoms with Gasteiger partial charge in [-0.3, -0.25) is 14.4 Å². The van der Waals surface area contributed by atoms with Gasteiger partial charge in [-0.1, -0.05) is 32.0 Å². The van der Waals surface area contributed by atoms with Crippen LogP contribution < -0.4 is 15.6 Å². The number of carbonyl (C=O) groups excluding carboxylic acids is 2. The fourth-order valence-electron chi connectivity index (χ4n) is 5.69. The van der Waals surface area contributed by atoms with Crippen molar-refractivity contribution in [2.45, 2.75) is 66.7 Å². The Hall–Kier alpha value is -3.69. The maximum Gasteiger partial charge on any atom is 0.387 e. The van der Waals surface area contributed by atoms with E-state index in [9.17, 15) is 23.2 Å². The quantitative estimate of drug-likeness (QED) is 0.422. The van der Waals surface area contributed by atoms with E-state index in [0.29, 0.717) is 30.3 Å². The molecule has 0 aliphatic carbocycles. The number of nitrogens with one attached hydrogen (secondary N) is 2. The molecule has 1 aliphatic heterocycles. The molecule has 2 N–H and O–H groups in total. The number of nitrogens with zero attached hydrogens (tertiary/aromatic N) is 2. The molecule has 3 heterocycles. The number of likely N-dealkylation sites (tertiary alicyclic amines) is 1. The number of H-pyrrole nitrogens is 1. The van der Waals surface area contributed by atoms with Crippen LogP contribution in [-0.4, -0.2) is 46.0 Å². The molecule has 1 unspecified atom stereocenters. The SMILES string of the molecule is Cc1cc(OC(F)F)c(CNC(=O)c2c(C)n(C(C)C3CCN(C(=O)C(C)C)CC3)c3ccccc23)c(=O)[nH]1. The second-order valence-electron chi connectivity index (χ2n) is 10.6. The summed E-state index contributed by atoms with van der Waals surface area (Å²) in [7, 11) is 0. The van der Waals surface area contributed by atoms with Crippen molar-refractivity contribution in [3.05, 3.63) is 63.2 Å². The summed E-state index contributed by atoms with van der Waals surface area (Å²) in [6.07, 6.45) is 1.74. The van der Waals surface area contributed by atoms with Gasteiger partial charge in [0.25, 0.3) is 11.5 Å². The van der Waals surface area contributed by atoms with Crippen LogP contribution in [0.5, 0.6) is 5.75 Å². The van der Waals surface area contributed by atoms with E-state index in [-0.39, 0.29) is 35.7 Å². The lowest BCUT2D eigenvalue weighted by atomic mass is 9.89. The van der Waals surface area contributed by atoms with Crippen LogP contribution in [0.1, 0.15) is 67.0 Å². The Morgan fingerprint density at radius 3 is 2.44 bits per heavy atom. The van der Waals surface area contributed by atoms with Gasteiger partial charge in [0.1, 0.15) is 5.75 Å². The molecule has 2 aromatic heterocycles. The van der Waals surface area contributed by atoms with Crippen LogP contribution >= 0.6 is 0 Å². The number of fused-ring (bicyclic) bond motifs is 1. The topological polar surface area (TPSA) is 96.4 Å². The van der Waals surface area contributed by atoms with Gasteiger partial charge in [-0.2, -0.15) is 8.78 Å². The highest BCUT2D eigenvalue weighted by Gasteiger charge is 2.31. The summed E-state index contributed by atoms with van der Waals surface area (Å²) in [6, 6.07) is 9.05. The smallest absolute Gasteiger partial charge is 0.387 e. The molecule has 10 heteroatoms. The second-order valence-corrected chi connectivity index (χ2v) is 10.6. The van der Waals surface area contributed by atoms with Gasteiger partial charge in [0.15, 0.2) is 0 Å². The van der Waals surface area contributed by atoms with Crippen LogP contribution in [0.4, 0.5) is 8.78 Å². The van der Waals surface area contributed by atoms with Crippen molar-refractivity contribution in [2.75, 3.05) is 13.1 Å². The van der Waals surface area contributed by atoms with Crippen molar-refractivity contribution in [2.24, 2.45) is 11.8 Å². The normalized spacial score (nSPS) is 15.3. The van der Waals surface area contributed by atoms with E-state index < -0.39 is 18.1 Å². The Morgan fingerprint density at radius 2 is 1.79 bits per heavy atom. The average molecular weight is 543 g/mol. The van der Waals surface area contributed by atoms with Gasteiger partial charge < -0.3 is 24.5 Å². The van der Waals surface area contributed by atoms with Crippen molar-refractivity contribution >= 4 is 22.7 Å². The predicted octanol–water partition coefficient (Wildman–Crippen LogP) is 4.93. The summed E-state index contributed by atoms with van der Waals surface area (Å²) in [5, 5.41) is 3.51. The van der Waals surface area contributed by atoms with E-state index >= 15 is 0 Å². The fraction of sp³-hybridized carbons (Fsp3) is 0.483. The summed E-state index contributed by atoms with van der Waals surface area (Å²) in [5.74, 6) is -0.190. The van der Waals surface area contributed by atoms with E-state index in [1.807, 2.05) is 49.9 Å². The molecule has 1 atom stereocenters. The van der Waals surface area contributed by atoms with Gasteiger partial charge in [-0.25, -0.2) is 0 Å². The number of hydrogen-bond acceptors (Lipinski definition) is 4. The number of alkyl halides is 2. The Kier molecular flexibility index (Phi) is 8.42. The molecule has 1 aliphatic rings. The van der Waals surface area contributed by atoms with Crippen molar-refractivity contribution in [3.63, 3.8) is 0 Å². The third-order valence-corrected chi connectivity index (χ3v) is 7.69. The van der Waals surface area contributed by atoms with Crippen molar-refractivity contribution in [1.29, 1.82) is 0 Å². The summed E-state index contributed by atoms with van der Waals surface area (Å²) in [5.41, 5.74) is 1.88. The highest BCUT2D eigenvalue weighted by molar-refractivity contribution is 6.08. The third-order valence-electron chi connectivity index (χ3n) is 7.69. The van der Waals surface area contributed by atoms with Crippen LogP contribution in [0.25, 0.3) is 10.9 Å². The Labute approximate surface area is 226 Å². The minimum atomic E-state index is -3.10. The van der Waals surface area contributed by atoms with Crippen LogP contribution in [0.15, 0.2) is 35.1 Å². The number of aromatic nitrogens is 2. The molecule has 8 nitrogen and oxygen atoms in total. The minimum Gasteiger partial charge on any atom is -0.434 e. The number of aromatic amines is 1. The molecule has 1 saturated heterocycles. The average Bonchev–Trinajstić information content (AvgIpc) is 3.18. The zero-order chi connectivity index (χ0) is 28.4. The largest absolute Gasteiger partial charge is 0.434 e. The van der Waals surface area contributed by atoms with Gasteiger partial charge in [-0.15, -0.1) is 0 Å². The molecule has 2 amide bonds. The van der Waals surface area contributed by atoms with Crippen molar-refractivity contribution in [3.8, 4) is 5.75 Å². The molecule has 0 bridgehead atoms. The van der Waals surface area contributed by atoms with Crippen molar-refractivity contribution in [1.82, 2.24) is 19.8 Å². The van der Waals surface area contributed by atoms with Crippen molar-refractivity contribution < 1.29 is 23.1 Å². The lowest BCUT2D eigenvalue weighted by molar-refractivity contribution is -0.136. The number of benzene rings is 1. The maximum absolute atomic E-state index is 13.5. The van der Waals surface area contributed by atoms with E-state index in [1.165, 1.54) is 6.07 Å². The minimum absolute atomic E-state index is 0.0239. The standard InChI is InChI=1S/C29H36F2N4O4/c1-16(2)28(38)34-12-10-20(11-13-34)18(4)35-19(5)25(21-8-6-7-9-23(21)35)27(37)32-15-22-24(39-29(30)31)14-17(3)33-26(22)36/h6-9,14,16,18,20,29H,10-13,15H2,1-5H3,(H,32,37)(H,33,36). The molecular formula is C29H36F2N4O4. The zero-order valence-electron chi connectivity index (χ0n) is 23.0. The lowest BCUT2D eigenvalue weighted by Gasteiger charge is -2.36. The molecule has 0 saturated carbocycles. The predicted molar refractivity (Wildman–Crippen MR) is 145 cm³/mol. The number of aryl methyl sites for hydroxylation is 1. The Bertz CT molecular complexity index is 1420. The molecule has 0 radical (unpaired) electrons. The second kappa shape index (κ2) is 11.6. The first-order valence-electron chi connectivity index (χ1n) is 13.3. The summed E-state index contributed by atoms with van der Waals surface area (Å²) < 4.78 is 32.6. The molecule has 3 aromatic rings. The number of ether oxygens (including phenoxy) is 1. The summed E-state index contributed by atoms with van der Waals surface area (Å²) in [6.45, 7) is 7.50. The van der Waals surface area contributed by atoms with Gasteiger partial charge in [-0.05, 0) is 45.6 Å². The molecule has 210 valence electrons. The summed E-state index contributed by atoms with van der Waals surface area (Å²) >= 11 is 0. The molecule has 4 rings (SSSR count). The van der Waals surface area contributed by atoms with Crippen LogP contribution in [0, 0.1) is 25.7 Å². The molecular weight excluding hydrogens is 506 g/mol. The number of pyridine rings is 1. The van der Waals surface area contributed by atoms with E-state index in [1.54, 1.807) is 6.92 Å². The molecule has 0 spiro atoms. The van der Waals surface area contributed by atoms with Gasteiger partial charge in [0, 0.05) is 53.4 Å². The van der Waals surface area contributed by atoms with E-state index in [0.717, 1.165) is 29.4 Å². The van der Waals surface area contributed by atoms with Crippen LogP contribution in [0.3, 0.4) is 0 Å². The first-order chi connectivity index (χ1) is 18.5. The monoisotopic (exact) mass is 542 g/mol. The Balaban J connectivity index is 1.59. The zero-order valence-corrected chi connectivity index (χ0v) is 23.0. The Morgan fingerprint density at radius 1 is 1.13 bits per heavy atom. The number of para-hydroxylation sites is 1.